The van der Waals surface area contributed by atoms with Crippen LogP contribution in [0.5, 0.6) is 0 Å². The Hall–Kier alpha value is -0.830. The lowest BCUT2D eigenvalue weighted by Crippen LogP contribution is -2.17. The smallest absolute Gasteiger partial charge is 0.312 e. The van der Waals surface area contributed by atoms with Crippen molar-refractivity contribution in [3.63, 3.8) is 0 Å². The van der Waals surface area contributed by atoms with Gasteiger partial charge in [0.25, 0.3) is 0 Å². The van der Waals surface area contributed by atoms with Crippen molar-refractivity contribution < 1.29 is 9.90 Å². The molecule has 1 aromatic heterocycles. The van der Waals surface area contributed by atoms with E-state index in [2.05, 4.69) is 0 Å². The van der Waals surface area contributed by atoms with E-state index in [1.807, 2.05) is 31.4 Å². The van der Waals surface area contributed by atoms with E-state index in [9.17, 15) is 4.79 Å². The molecule has 0 aliphatic heterocycles. The second-order valence-corrected chi connectivity index (χ2v) is 4.20. The van der Waals surface area contributed by atoms with E-state index in [0.717, 1.165) is 11.3 Å². The van der Waals surface area contributed by atoms with Gasteiger partial charge in [-0.25, -0.2) is 0 Å². The summed E-state index contributed by atoms with van der Waals surface area (Å²) in [5.41, 5.74) is 0. The van der Waals surface area contributed by atoms with E-state index in [1.165, 1.54) is 11.3 Å². The van der Waals surface area contributed by atoms with Crippen molar-refractivity contribution in [3.8, 4) is 0 Å². The van der Waals surface area contributed by atoms with E-state index in [-0.39, 0.29) is 11.8 Å². The highest BCUT2D eigenvalue weighted by molar-refractivity contribution is 7.10. The van der Waals surface area contributed by atoms with Crippen molar-refractivity contribution in [1.82, 2.24) is 0 Å². The van der Waals surface area contributed by atoms with Crippen molar-refractivity contribution in [2.24, 2.45) is 5.92 Å². The average molecular weight is 198 g/mol. The van der Waals surface area contributed by atoms with Crippen LogP contribution in [0.1, 0.15) is 31.1 Å². The molecule has 0 aliphatic carbocycles. The maximum Gasteiger partial charge on any atom is 0.312 e. The molecule has 2 atom stereocenters. The summed E-state index contributed by atoms with van der Waals surface area (Å²) in [5.74, 6) is -0.835. The van der Waals surface area contributed by atoms with Crippen molar-refractivity contribution in [2.75, 3.05) is 0 Å². The first-order valence-electron chi connectivity index (χ1n) is 4.43. The zero-order chi connectivity index (χ0) is 9.84. The van der Waals surface area contributed by atoms with Crippen LogP contribution in [-0.4, -0.2) is 11.1 Å². The Morgan fingerprint density at radius 2 is 2.38 bits per heavy atom. The highest BCUT2D eigenvalue weighted by atomic mass is 32.1. The Morgan fingerprint density at radius 3 is 2.77 bits per heavy atom. The molecule has 1 aromatic rings. The molecule has 2 nitrogen and oxygen atoms in total. The molecule has 0 saturated heterocycles. The van der Waals surface area contributed by atoms with Crippen molar-refractivity contribution in [3.05, 3.63) is 22.4 Å². The monoisotopic (exact) mass is 198 g/mol. The van der Waals surface area contributed by atoms with Gasteiger partial charge in [-0.15, -0.1) is 11.3 Å². The molecule has 0 aliphatic rings. The predicted molar refractivity (Wildman–Crippen MR) is 54.2 cm³/mol. The molecule has 0 radical (unpaired) electrons. The normalized spacial score (nSPS) is 15.2. The summed E-state index contributed by atoms with van der Waals surface area (Å²) in [4.78, 5) is 12.0. The molecular weight excluding hydrogens is 184 g/mol. The largest absolute Gasteiger partial charge is 0.481 e. The first-order valence-corrected chi connectivity index (χ1v) is 5.31. The molecule has 0 spiro atoms. The Balaban J connectivity index is 2.87. The molecule has 1 N–H and O–H groups in total. The van der Waals surface area contributed by atoms with Crippen molar-refractivity contribution >= 4 is 17.3 Å². The minimum Gasteiger partial charge on any atom is -0.481 e. The fourth-order valence-corrected chi connectivity index (χ4v) is 2.30. The van der Waals surface area contributed by atoms with E-state index < -0.39 is 5.97 Å². The third kappa shape index (κ3) is 2.31. The first-order chi connectivity index (χ1) is 6.16. The molecule has 0 amide bonds. The molecule has 0 aromatic carbocycles. The van der Waals surface area contributed by atoms with Gasteiger partial charge in [-0.1, -0.05) is 26.3 Å². The number of carboxylic acid groups (broad SMARTS) is 1. The number of carbonyl (C=O) groups is 1. The van der Waals surface area contributed by atoms with Crippen LogP contribution in [0.15, 0.2) is 17.5 Å². The second-order valence-electron chi connectivity index (χ2n) is 3.22. The van der Waals surface area contributed by atoms with Crippen molar-refractivity contribution in [2.45, 2.75) is 26.2 Å². The van der Waals surface area contributed by atoms with Gasteiger partial charge in [0.1, 0.15) is 0 Å². The zero-order valence-electron chi connectivity index (χ0n) is 7.86. The summed E-state index contributed by atoms with van der Waals surface area (Å²) >= 11 is 1.52. The number of thiophene rings is 1. The third-order valence-electron chi connectivity index (χ3n) is 2.33. The predicted octanol–water partition coefficient (Wildman–Crippen LogP) is 2.96. The highest BCUT2D eigenvalue weighted by Gasteiger charge is 2.25. The SMILES string of the molecule is CCC(C)C(C(=O)O)c1cccs1. The minimum atomic E-state index is -0.711. The summed E-state index contributed by atoms with van der Waals surface area (Å²) in [6.07, 6.45) is 0.898. The van der Waals surface area contributed by atoms with Crippen LogP contribution in [0, 0.1) is 5.92 Å². The number of carboxylic acids is 1. The third-order valence-corrected chi connectivity index (χ3v) is 3.28. The Labute approximate surface area is 82.2 Å². The van der Waals surface area contributed by atoms with Crippen LogP contribution in [0.25, 0.3) is 0 Å². The first kappa shape index (κ1) is 10.3. The van der Waals surface area contributed by atoms with Crippen LogP contribution in [0.2, 0.25) is 0 Å². The molecule has 1 heterocycles. The Bertz CT molecular complexity index is 266. The van der Waals surface area contributed by atoms with Crippen molar-refractivity contribution in [1.29, 1.82) is 0 Å². The topological polar surface area (TPSA) is 37.3 Å². The summed E-state index contributed by atoms with van der Waals surface area (Å²) in [6.45, 7) is 4.01. The molecule has 13 heavy (non-hydrogen) atoms. The fourth-order valence-electron chi connectivity index (χ4n) is 1.35. The molecule has 0 fully saturated rings. The summed E-state index contributed by atoms with van der Waals surface area (Å²) < 4.78 is 0. The number of hydrogen-bond acceptors (Lipinski definition) is 2. The average Bonchev–Trinajstić information content (AvgIpc) is 2.56. The van der Waals surface area contributed by atoms with Gasteiger partial charge in [0.05, 0.1) is 5.92 Å². The lowest BCUT2D eigenvalue weighted by molar-refractivity contribution is -0.140. The lowest BCUT2D eigenvalue weighted by Gasteiger charge is -2.16. The zero-order valence-corrected chi connectivity index (χ0v) is 8.67. The Kier molecular flexibility index (Phi) is 3.48. The van der Waals surface area contributed by atoms with E-state index in [0.29, 0.717) is 0 Å². The second kappa shape index (κ2) is 4.42. The highest BCUT2D eigenvalue weighted by Crippen LogP contribution is 2.30. The molecule has 72 valence electrons. The van der Waals surface area contributed by atoms with Crippen LogP contribution in [-0.2, 0) is 4.79 Å². The van der Waals surface area contributed by atoms with Gasteiger partial charge in [-0.3, -0.25) is 4.79 Å². The lowest BCUT2D eigenvalue weighted by atomic mass is 9.91. The molecule has 2 unspecified atom stereocenters. The maximum atomic E-state index is 11.0. The van der Waals surface area contributed by atoms with Gasteiger partial charge in [-0.2, -0.15) is 0 Å². The van der Waals surface area contributed by atoms with Gasteiger partial charge in [0.15, 0.2) is 0 Å². The molecule has 0 saturated carbocycles. The van der Waals surface area contributed by atoms with Crippen LogP contribution >= 0.6 is 11.3 Å². The summed E-state index contributed by atoms with van der Waals surface area (Å²) in [7, 11) is 0. The van der Waals surface area contributed by atoms with Crippen LogP contribution in [0.4, 0.5) is 0 Å². The fraction of sp³-hybridized carbons (Fsp3) is 0.500. The van der Waals surface area contributed by atoms with E-state index >= 15 is 0 Å². The van der Waals surface area contributed by atoms with E-state index in [4.69, 9.17) is 5.11 Å². The minimum absolute atomic E-state index is 0.205. The van der Waals surface area contributed by atoms with E-state index in [1.54, 1.807) is 0 Å². The number of aliphatic carboxylic acids is 1. The summed E-state index contributed by atoms with van der Waals surface area (Å²) in [6, 6.07) is 3.80. The Morgan fingerprint density at radius 1 is 1.69 bits per heavy atom. The quantitative estimate of drug-likeness (QED) is 0.807. The molecule has 3 heteroatoms. The van der Waals surface area contributed by atoms with Gasteiger partial charge >= 0.3 is 5.97 Å². The van der Waals surface area contributed by atoms with Gasteiger partial charge in [-0.05, 0) is 17.4 Å². The van der Waals surface area contributed by atoms with Gasteiger partial charge < -0.3 is 5.11 Å². The molecule has 0 bridgehead atoms. The standard InChI is InChI=1S/C10H14O2S/c1-3-7(2)9(10(11)12)8-5-4-6-13-8/h4-7,9H,3H2,1-2H3,(H,11,12). The summed E-state index contributed by atoms with van der Waals surface area (Å²) in [5, 5.41) is 11.0. The molecular formula is C10H14O2S. The van der Waals surface area contributed by atoms with Crippen LogP contribution < -0.4 is 0 Å². The van der Waals surface area contributed by atoms with Gasteiger partial charge in [0, 0.05) is 4.88 Å². The van der Waals surface area contributed by atoms with Gasteiger partial charge in [0.2, 0.25) is 0 Å². The van der Waals surface area contributed by atoms with Crippen LogP contribution in [0.3, 0.4) is 0 Å². The number of rotatable bonds is 4. The maximum absolute atomic E-state index is 11.0. The molecule has 1 rings (SSSR count). The number of hydrogen-bond donors (Lipinski definition) is 1.